The molecule has 0 spiro atoms. The number of aryl methyl sites for hydroxylation is 1. The van der Waals surface area contributed by atoms with Crippen LogP contribution in [0.2, 0.25) is 0 Å². The van der Waals surface area contributed by atoms with Crippen molar-refractivity contribution in [2.45, 2.75) is 25.8 Å². The normalized spacial score (nSPS) is 18.6. The van der Waals surface area contributed by atoms with E-state index >= 15 is 0 Å². The Morgan fingerprint density at radius 2 is 2.11 bits per heavy atom. The molecule has 5 heteroatoms. The van der Waals surface area contributed by atoms with Gasteiger partial charge in [0.15, 0.2) is 0 Å². The molecule has 2 rings (SSSR count). The number of urea groups is 1. The zero-order chi connectivity index (χ0) is 13.0. The van der Waals surface area contributed by atoms with E-state index in [1.54, 1.807) is 0 Å². The summed E-state index contributed by atoms with van der Waals surface area (Å²) in [5.41, 5.74) is 1.99. The molecule has 0 radical (unpaired) electrons. The predicted octanol–water partition coefficient (Wildman–Crippen LogP) is 2.63. The Morgan fingerprint density at radius 3 is 2.79 bits per heavy atom. The minimum atomic E-state index is 0. The fraction of sp³-hybridized carbons (Fsp3) is 0.500. The topological polar surface area (TPSA) is 44.4 Å². The molecule has 2 amide bonds. The Balaban J connectivity index is 0.00000180. The van der Waals surface area contributed by atoms with Gasteiger partial charge in [0.25, 0.3) is 0 Å². The van der Waals surface area contributed by atoms with Crippen molar-refractivity contribution in [2.24, 2.45) is 0 Å². The van der Waals surface area contributed by atoms with Gasteiger partial charge in [0.1, 0.15) is 0 Å². The maximum Gasteiger partial charge on any atom is 0.321 e. The van der Waals surface area contributed by atoms with Gasteiger partial charge in [-0.2, -0.15) is 0 Å². The van der Waals surface area contributed by atoms with Crippen LogP contribution in [0.15, 0.2) is 24.3 Å². The van der Waals surface area contributed by atoms with Crippen molar-refractivity contribution in [3.8, 4) is 0 Å². The quantitative estimate of drug-likeness (QED) is 0.876. The molecule has 0 saturated carbocycles. The number of amides is 2. The largest absolute Gasteiger partial charge is 0.323 e. The summed E-state index contributed by atoms with van der Waals surface area (Å²) < 4.78 is 0. The zero-order valence-corrected chi connectivity index (χ0v) is 12.3. The van der Waals surface area contributed by atoms with Gasteiger partial charge in [-0.1, -0.05) is 18.2 Å². The van der Waals surface area contributed by atoms with Gasteiger partial charge < -0.3 is 15.5 Å². The number of rotatable bonds is 2. The second-order valence-electron chi connectivity index (χ2n) is 4.82. The van der Waals surface area contributed by atoms with Crippen LogP contribution in [0.3, 0.4) is 0 Å². The molecule has 0 aliphatic carbocycles. The molecule has 1 atom stereocenters. The average molecular weight is 284 g/mol. The van der Waals surface area contributed by atoms with Crippen LogP contribution < -0.4 is 10.6 Å². The van der Waals surface area contributed by atoms with Crippen molar-refractivity contribution in [1.29, 1.82) is 0 Å². The minimum Gasteiger partial charge on any atom is -0.323 e. The number of carbonyl (C=O) groups excluding carboxylic acids is 1. The molecule has 1 saturated heterocycles. The first kappa shape index (κ1) is 15.8. The molecule has 4 nitrogen and oxygen atoms in total. The Kier molecular flexibility index (Phi) is 6.12. The number of likely N-dealkylation sites (tertiary alicyclic amines) is 1. The van der Waals surface area contributed by atoms with Gasteiger partial charge in [0.2, 0.25) is 0 Å². The molecule has 1 aliphatic rings. The lowest BCUT2D eigenvalue weighted by Crippen LogP contribution is -2.48. The van der Waals surface area contributed by atoms with Crippen LogP contribution in [-0.2, 0) is 0 Å². The first-order valence-corrected chi connectivity index (χ1v) is 6.49. The van der Waals surface area contributed by atoms with E-state index in [0.717, 1.165) is 37.2 Å². The summed E-state index contributed by atoms with van der Waals surface area (Å²) in [4.78, 5) is 14.1. The van der Waals surface area contributed by atoms with E-state index in [0.29, 0.717) is 6.04 Å². The minimum absolute atomic E-state index is 0. The van der Waals surface area contributed by atoms with Gasteiger partial charge in [-0.05, 0) is 38.4 Å². The fourth-order valence-electron chi connectivity index (χ4n) is 2.30. The lowest BCUT2D eigenvalue weighted by molar-refractivity contribution is 0.187. The van der Waals surface area contributed by atoms with Crippen molar-refractivity contribution in [2.75, 3.05) is 25.5 Å². The van der Waals surface area contributed by atoms with Crippen LogP contribution in [-0.4, -0.2) is 37.1 Å². The van der Waals surface area contributed by atoms with Gasteiger partial charge in [-0.25, -0.2) is 4.79 Å². The monoisotopic (exact) mass is 283 g/mol. The first-order chi connectivity index (χ1) is 8.70. The van der Waals surface area contributed by atoms with E-state index in [1.807, 2.05) is 43.1 Å². The predicted molar refractivity (Wildman–Crippen MR) is 81.1 cm³/mol. The van der Waals surface area contributed by atoms with Crippen LogP contribution in [0.25, 0.3) is 0 Å². The number of halogens is 1. The summed E-state index contributed by atoms with van der Waals surface area (Å²) in [6.45, 7) is 3.63. The summed E-state index contributed by atoms with van der Waals surface area (Å²) in [6, 6.07) is 8.28. The summed E-state index contributed by atoms with van der Waals surface area (Å²) >= 11 is 0. The third-order valence-corrected chi connectivity index (χ3v) is 3.50. The number of anilines is 1. The first-order valence-electron chi connectivity index (χ1n) is 6.49. The SMILES string of the molecule is CN[C@@H]1CCCN(C(=O)Nc2ccccc2C)C1.Cl. The van der Waals surface area contributed by atoms with Gasteiger partial charge in [-0.3, -0.25) is 0 Å². The van der Waals surface area contributed by atoms with Gasteiger partial charge in [0, 0.05) is 24.8 Å². The third-order valence-electron chi connectivity index (χ3n) is 3.50. The summed E-state index contributed by atoms with van der Waals surface area (Å²) in [5.74, 6) is 0. The highest BCUT2D eigenvalue weighted by atomic mass is 35.5. The number of para-hydroxylation sites is 1. The summed E-state index contributed by atoms with van der Waals surface area (Å²) in [7, 11) is 1.95. The number of carbonyl (C=O) groups is 1. The average Bonchev–Trinajstić information content (AvgIpc) is 2.41. The number of benzene rings is 1. The molecule has 2 N–H and O–H groups in total. The van der Waals surface area contributed by atoms with Crippen LogP contribution >= 0.6 is 12.4 Å². The molecule has 106 valence electrons. The number of piperidine rings is 1. The lowest BCUT2D eigenvalue weighted by Gasteiger charge is -2.32. The maximum absolute atomic E-state index is 12.2. The van der Waals surface area contributed by atoms with Crippen molar-refractivity contribution >= 4 is 24.1 Å². The molecule has 0 bridgehead atoms. The number of hydrogen-bond acceptors (Lipinski definition) is 2. The number of hydrogen-bond donors (Lipinski definition) is 2. The standard InChI is InChI=1S/C14H21N3O.ClH/c1-11-6-3-4-8-13(11)16-14(18)17-9-5-7-12(10-17)15-2;/h3-4,6,8,12,15H,5,7,9-10H2,1-2H3,(H,16,18);1H/t12-;/m1./s1. The van der Waals surface area contributed by atoms with Crippen LogP contribution in [0.5, 0.6) is 0 Å². The highest BCUT2D eigenvalue weighted by molar-refractivity contribution is 5.90. The number of nitrogens with one attached hydrogen (secondary N) is 2. The van der Waals surface area contributed by atoms with E-state index < -0.39 is 0 Å². The molecule has 1 heterocycles. The molecule has 1 aromatic carbocycles. The van der Waals surface area contributed by atoms with Gasteiger partial charge >= 0.3 is 6.03 Å². The molecule has 1 aromatic rings. The second-order valence-corrected chi connectivity index (χ2v) is 4.82. The summed E-state index contributed by atoms with van der Waals surface area (Å²) in [6.07, 6.45) is 2.21. The van der Waals surface area contributed by atoms with E-state index in [2.05, 4.69) is 10.6 Å². The number of likely N-dealkylation sites (N-methyl/N-ethyl adjacent to an activating group) is 1. The third kappa shape index (κ3) is 4.11. The molecule has 19 heavy (non-hydrogen) atoms. The highest BCUT2D eigenvalue weighted by Gasteiger charge is 2.22. The van der Waals surface area contributed by atoms with E-state index in [9.17, 15) is 4.79 Å². The summed E-state index contributed by atoms with van der Waals surface area (Å²) in [5, 5.41) is 6.23. The van der Waals surface area contributed by atoms with Crippen molar-refractivity contribution in [3.05, 3.63) is 29.8 Å². The van der Waals surface area contributed by atoms with Crippen LogP contribution in [0.4, 0.5) is 10.5 Å². The van der Waals surface area contributed by atoms with Crippen molar-refractivity contribution < 1.29 is 4.79 Å². The molecule has 0 aromatic heterocycles. The maximum atomic E-state index is 12.2. The molecular formula is C14H22ClN3O. The van der Waals surface area contributed by atoms with Crippen molar-refractivity contribution in [1.82, 2.24) is 10.2 Å². The second kappa shape index (κ2) is 7.36. The number of nitrogens with zero attached hydrogens (tertiary/aromatic N) is 1. The Labute approximate surface area is 121 Å². The van der Waals surface area contributed by atoms with Crippen LogP contribution in [0.1, 0.15) is 18.4 Å². The Morgan fingerprint density at radius 1 is 1.37 bits per heavy atom. The molecule has 0 unspecified atom stereocenters. The van der Waals surface area contributed by atoms with Crippen LogP contribution in [0, 0.1) is 6.92 Å². The molecule has 1 fully saturated rings. The fourth-order valence-corrected chi connectivity index (χ4v) is 2.30. The van der Waals surface area contributed by atoms with Gasteiger partial charge in [0.05, 0.1) is 0 Å². The molecule has 1 aliphatic heterocycles. The Bertz CT molecular complexity index is 425. The lowest BCUT2D eigenvalue weighted by atomic mass is 10.1. The van der Waals surface area contributed by atoms with E-state index in [1.165, 1.54) is 0 Å². The Hall–Kier alpha value is -1.26. The zero-order valence-electron chi connectivity index (χ0n) is 11.5. The smallest absolute Gasteiger partial charge is 0.321 e. The van der Waals surface area contributed by atoms with Crippen molar-refractivity contribution in [3.63, 3.8) is 0 Å². The molecular weight excluding hydrogens is 262 g/mol. The highest BCUT2D eigenvalue weighted by Crippen LogP contribution is 2.16. The van der Waals surface area contributed by atoms with E-state index in [4.69, 9.17) is 0 Å². The van der Waals surface area contributed by atoms with E-state index in [-0.39, 0.29) is 18.4 Å². The van der Waals surface area contributed by atoms with Gasteiger partial charge in [-0.15, -0.1) is 12.4 Å².